The molecule has 5 rings (SSSR count). The van der Waals surface area contributed by atoms with E-state index in [1.165, 1.54) is 29.7 Å². The monoisotopic (exact) mass is 603 g/mol. The van der Waals surface area contributed by atoms with Gasteiger partial charge in [-0.05, 0) is 80.9 Å². The largest absolute Gasteiger partial charge is 0.496 e. The molecule has 0 radical (unpaired) electrons. The summed E-state index contributed by atoms with van der Waals surface area (Å²) in [6, 6.07) is 23.0. The van der Waals surface area contributed by atoms with Crippen LogP contribution in [-0.2, 0) is 22.7 Å². The van der Waals surface area contributed by atoms with Gasteiger partial charge in [0.05, 0.1) is 51.9 Å². The summed E-state index contributed by atoms with van der Waals surface area (Å²) in [5, 5.41) is 6.77. The normalized spacial score (nSPS) is 18.0. The summed E-state index contributed by atoms with van der Waals surface area (Å²) in [5.41, 5.74) is 4.74. The molecule has 1 fully saturated rings. The van der Waals surface area contributed by atoms with Crippen LogP contribution in [0.4, 0.5) is 5.69 Å². The first-order chi connectivity index (χ1) is 21.7. The van der Waals surface area contributed by atoms with E-state index in [2.05, 4.69) is 58.0 Å². The van der Waals surface area contributed by atoms with Gasteiger partial charge in [-0.1, -0.05) is 36.4 Å². The maximum absolute atomic E-state index is 6.57. The van der Waals surface area contributed by atoms with E-state index in [1.807, 2.05) is 31.3 Å². The molecule has 2 aliphatic heterocycles. The smallest absolute Gasteiger partial charge is 0.142 e. The molecule has 2 aliphatic rings. The predicted octanol–water partition coefficient (Wildman–Crippen LogP) is 5.54. The van der Waals surface area contributed by atoms with Gasteiger partial charge in [0.2, 0.25) is 0 Å². The molecule has 238 valence electrons. The Morgan fingerprint density at radius 2 is 1.86 bits per heavy atom. The van der Waals surface area contributed by atoms with Crippen LogP contribution in [-0.4, -0.2) is 72.8 Å². The molecule has 1 saturated heterocycles. The van der Waals surface area contributed by atoms with Crippen LogP contribution in [0.2, 0.25) is 0 Å². The number of nitrogens with one attached hydrogen (secondary N) is 2. The van der Waals surface area contributed by atoms with Gasteiger partial charge in [-0.3, -0.25) is 0 Å². The van der Waals surface area contributed by atoms with Crippen molar-refractivity contribution in [1.29, 1.82) is 0 Å². The summed E-state index contributed by atoms with van der Waals surface area (Å²) < 4.78 is 29.8. The van der Waals surface area contributed by atoms with Crippen molar-refractivity contribution in [3.63, 3.8) is 0 Å². The van der Waals surface area contributed by atoms with Gasteiger partial charge < -0.3 is 39.2 Å². The van der Waals surface area contributed by atoms with Crippen LogP contribution in [0.5, 0.6) is 17.2 Å². The molecule has 0 amide bonds. The molecular weight excluding hydrogens is 554 g/mol. The molecule has 8 heteroatoms. The van der Waals surface area contributed by atoms with Crippen molar-refractivity contribution >= 4 is 5.69 Å². The van der Waals surface area contributed by atoms with Crippen LogP contribution < -0.4 is 29.7 Å². The lowest BCUT2D eigenvalue weighted by Crippen LogP contribution is -2.41. The fraction of sp³-hybridized carbons (Fsp3) is 0.500. The van der Waals surface area contributed by atoms with Crippen molar-refractivity contribution in [3.05, 3.63) is 83.4 Å². The van der Waals surface area contributed by atoms with Gasteiger partial charge in [-0.2, -0.15) is 0 Å². The second kappa shape index (κ2) is 17.3. The van der Waals surface area contributed by atoms with Crippen molar-refractivity contribution in [1.82, 2.24) is 10.6 Å². The second-order valence-electron chi connectivity index (χ2n) is 11.5. The summed E-state index contributed by atoms with van der Waals surface area (Å²) in [6.45, 7) is 8.00. The fourth-order valence-corrected chi connectivity index (χ4v) is 6.00. The van der Waals surface area contributed by atoms with Gasteiger partial charge in [-0.25, -0.2) is 0 Å². The molecule has 3 aromatic carbocycles. The highest BCUT2D eigenvalue weighted by molar-refractivity contribution is 5.61. The molecule has 3 aromatic rings. The Morgan fingerprint density at radius 1 is 0.977 bits per heavy atom. The van der Waals surface area contributed by atoms with Crippen LogP contribution in [0.1, 0.15) is 48.3 Å². The number of hydrogen-bond acceptors (Lipinski definition) is 8. The van der Waals surface area contributed by atoms with Crippen LogP contribution in [0.25, 0.3) is 0 Å². The number of rotatable bonds is 17. The Morgan fingerprint density at radius 3 is 2.73 bits per heavy atom. The molecule has 0 bridgehead atoms. The number of para-hydroxylation sites is 1. The van der Waals surface area contributed by atoms with Crippen molar-refractivity contribution in [2.75, 3.05) is 71.6 Å². The minimum absolute atomic E-state index is 0.112. The topological polar surface area (TPSA) is 73.5 Å². The summed E-state index contributed by atoms with van der Waals surface area (Å²) >= 11 is 0. The van der Waals surface area contributed by atoms with Gasteiger partial charge in [-0.15, -0.1) is 0 Å². The second-order valence-corrected chi connectivity index (χ2v) is 11.5. The van der Waals surface area contributed by atoms with Gasteiger partial charge in [0.25, 0.3) is 0 Å². The molecule has 0 saturated carbocycles. The number of methoxy groups -OCH3 is 1. The van der Waals surface area contributed by atoms with Crippen LogP contribution >= 0.6 is 0 Å². The third kappa shape index (κ3) is 9.11. The number of anilines is 1. The number of ether oxygens (including phenoxy) is 5. The highest BCUT2D eigenvalue weighted by Gasteiger charge is 2.27. The van der Waals surface area contributed by atoms with Crippen LogP contribution in [0.3, 0.4) is 0 Å². The maximum Gasteiger partial charge on any atom is 0.142 e. The first kappa shape index (κ1) is 32.1. The number of benzene rings is 3. The number of fused-ring (bicyclic) bond motifs is 1. The van der Waals surface area contributed by atoms with Crippen LogP contribution in [0.15, 0.2) is 66.7 Å². The van der Waals surface area contributed by atoms with E-state index in [-0.39, 0.29) is 6.10 Å². The SMILES string of the molecule is CNCCCCN1CCOc2ccc(CO[C@H]3CNCC[C@@H]3c3ccc(OCCCOCc4ccccc4OC)cc3)cc21. The summed E-state index contributed by atoms with van der Waals surface area (Å²) in [5.74, 6) is 3.07. The summed E-state index contributed by atoms with van der Waals surface area (Å²) in [4.78, 5) is 2.46. The third-order valence-corrected chi connectivity index (χ3v) is 8.44. The number of nitrogens with zero attached hydrogens (tertiary/aromatic N) is 1. The van der Waals surface area contributed by atoms with Gasteiger partial charge in [0.15, 0.2) is 0 Å². The van der Waals surface area contributed by atoms with Gasteiger partial charge >= 0.3 is 0 Å². The average molecular weight is 604 g/mol. The van der Waals surface area contributed by atoms with E-state index in [9.17, 15) is 0 Å². The molecule has 0 aliphatic carbocycles. The minimum Gasteiger partial charge on any atom is -0.496 e. The highest BCUT2D eigenvalue weighted by Crippen LogP contribution is 2.34. The number of unbranched alkanes of at least 4 members (excludes halogenated alkanes) is 1. The lowest BCUT2D eigenvalue weighted by molar-refractivity contribution is 0.0106. The Hall–Kier alpha value is -3.30. The Kier molecular flexibility index (Phi) is 12.6. The van der Waals surface area contributed by atoms with Crippen molar-refractivity contribution in [3.8, 4) is 17.2 Å². The first-order valence-corrected chi connectivity index (χ1v) is 16.1. The molecule has 2 heterocycles. The molecule has 2 N–H and O–H groups in total. The van der Waals surface area contributed by atoms with Crippen molar-refractivity contribution in [2.24, 2.45) is 0 Å². The molecule has 8 nitrogen and oxygen atoms in total. The van der Waals surface area contributed by atoms with Gasteiger partial charge in [0, 0.05) is 31.0 Å². The standard InChI is InChI=1S/C36H49N3O5/c1-37-17-5-6-19-39-20-23-43-35-15-10-28(24-33(35)39)26-44-36-25-38-18-16-32(36)29-11-13-31(14-12-29)42-22-7-21-41-27-30-8-3-4-9-34(30)40-2/h3-4,8-15,24,32,36-38H,5-7,16-23,25-27H2,1-2H3/t32-,36+/m1/s1. The summed E-state index contributed by atoms with van der Waals surface area (Å²) in [6.07, 6.45) is 4.33. The van der Waals surface area contributed by atoms with E-state index < -0.39 is 0 Å². The Labute approximate surface area is 263 Å². The highest BCUT2D eigenvalue weighted by atomic mass is 16.5. The molecule has 0 unspecified atom stereocenters. The minimum atomic E-state index is 0.112. The number of hydrogen-bond donors (Lipinski definition) is 2. The zero-order valence-electron chi connectivity index (χ0n) is 26.4. The molecule has 2 atom stereocenters. The Balaban J connectivity index is 1.08. The maximum atomic E-state index is 6.57. The first-order valence-electron chi connectivity index (χ1n) is 16.1. The summed E-state index contributed by atoms with van der Waals surface area (Å²) in [7, 11) is 3.70. The zero-order valence-corrected chi connectivity index (χ0v) is 26.4. The van der Waals surface area contributed by atoms with E-state index in [0.717, 1.165) is 75.0 Å². The quantitative estimate of drug-likeness (QED) is 0.195. The van der Waals surface area contributed by atoms with Gasteiger partial charge in [0.1, 0.15) is 23.9 Å². The van der Waals surface area contributed by atoms with E-state index >= 15 is 0 Å². The zero-order chi connectivity index (χ0) is 30.4. The average Bonchev–Trinajstić information content (AvgIpc) is 3.08. The van der Waals surface area contributed by atoms with E-state index in [0.29, 0.717) is 32.3 Å². The fourth-order valence-electron chi connectivity index (χ4n) is 6.00. The predicted molar refractivity (Wildman–Crippen MR) is 175 cm³/mol. The lowest BCUT2D eigenvalue weighted by atomic mass is 9.87. The molecule has 0 aromatic heterocycles. The van der Waals surface area contributed by atoms with Crippen molar-refractivity contribution < 1.29 is 23.7 Å². The van der Waals surface area contributed by atoms with E-state index in [4.69, 9.17) is 23.7 Å². The lowest BCUT2D eigenvalue weighted by Gasteiger charge is -2.33. The Bertz CT molecular complexity index is 1270. The molecular formula is C36H49N3O5. The van der Waals surface area contributed by atoms with Crippen molar-refractivity contribution in [2.45, 2.75) is 50.9 Å². The molecule has 0 spiro atoms. The molecule has 44 heavy (non-hydrogen) atoms. The van der Waals surface area contributed by atoms with Crippen LogP contribution in [0, 0.1) is 0 Å². The third-order valence-electron chi connectivity index (χ3n) is 8.44. The number of piperidine rings is 1. The van der Waals surface area contributed by atoms with E-state index in [1.54, 1.807) is 7.11 Å².